The molecule has 4 rings (SSSR count). The van der Waals surface area contributed by atoms with Crippen LogP contribution in [0.15, 0.2) is 62.7 Å². The number of carbonyl (C=O) groups is 2. The SMILES string of the molecule is CCn1c(=O)[nH]c(=O)c2c(C(=O)NCc3ccc(NC(=O)c4ccco4)cc3)cc(C(C)C)nc21. The second-order valence-corrected chi connectivity index (χ2v) is 8.26. The number of fused-ring (bicyclic) bond motifs is 1. The Balaban J connectivity index is 1.56. The number of anilines is 1. The zero-order valence-electron chi connectivity index (χ0n) is 19.5. The Morgan fingerprint density at radius 3 is 2.49 bits per heavy atom. The van der Waals surface area contributed by atoms with E-state index in [2.05, 4.69) is 20.6 Å². The highest BCUT2D eigenvalue weighted by Gasteiger charge is 2.20. The molecule has 0 aliphatic rings. The number of hydrogen-bond donors (Lipinski definition) is 3. The molecule has 10 heteroatoms. The van der Waals surface area contributed by atoms with Gasteiger partial charge in [-0.15, -0.1) is 0 Å². The Bertz CT molecular complexity index is 1500. The van der Waals surface area contributed by atoms with Crippen LogP contribution in [0.25, 0.3) is 11.0 Å². The first-order valence-electron chi connectivity index (χ1n) is 11.2. The molecule has 0 saturated carbocycles. The highest BCUT2D eigenvalue weighted by molar-refractivity contribution is 6.05. The number of aromatic nitrogens is 3. The summed E-state index contributed by atoms with van der Waals surface area (Å²) in [6.07, 6.45) is 1.42. The summed E-state index contributed by atoms with van der Waals surface area (Å²) in [4.78, 5) is 56.9. The molecule has 1 aromatic carbocycles. The van der Waals surface area contributed by atoms with E-state index >= 15 is 0 Å². The van der Waals surface area contributed by atoms with Gasteiger partial charge in [0.2, 0.25) is 0 Å². The van der Waals surface area contributed by atoms with Crippen molar-refractivity contribution in [3.63, 3.8) is 0 Å². The van der Waals surface area contributed by atoms with Gasteiger partial charge in [0.25, 0.3) is 17.4 Å². The highest BCUT2D eigenvalue weighted by atomic mass is 16.3. The van der Waals surface area contributed by atoms with E-state index in [-0.39, 0.29) is 40.7 Å². The lowest BCUT2D eigenvalue weighted by molar-refractivity contribution is 0.0951. The van der Waals surface area contributed by atoms with E-state index in [0.717, 1.165) is 5.56 Å². The third kappa shape index (κ3) is 4.91. The maximum absolute atomic E-state index is 13.1. The van der Waals surface area contributed by atoms with E-state index in [4.69, 9.17) is 4.42 Å². The average molecular weight is 476 g/mol. The molecule has 0 saturated heterocycles. The fourth-order valence-corrected chi connectivity index (χ4v) is 3.65. The molecule has 3 N–H and O–H groups in total. The number of aryl methyl sites for hydroxylation is 1. The summed E-state index contributed by atoms with van der Waals surface area (Å²) in [6.45, 7) is 6.10. The van der Waals surface area contributed by atoms with Crippen LogP contribution in [-0.4, -0.2) is 26.3 Å². The molecule has 2 amide bonds. The summed E-state index contributed by atoms with van der Waals surface area (Å²) in [6, 6.07) is 11.8. The standard InChI is InChI=1S/C25H25N5O5/c1-4-30-21-20(24(33)29-25(30)34)17(12-18(28-21)14(2)3)22(31)26-13-15-7-9-16(10-8-15)27-23(32)19-6-5-11-35-19/h5-12,14H,4,13H2,1-3H3,(H,26,31)(H,27,32)(H,29,33,34). The summed E-state index contributed by atoms with van der Waals surface area (Å²) >= 11 is 0. The van der Waals surface area contributed by atoms with E-state index in [0.29, 0.717) is 17.9 Å². The van der Waals surface area contributed by atoms with Gasteiger partial charge in [0, 0.05) is 24.5 Å². The normalized spacial score (nSPS) is 11.1. The van der Waals surface area contributed by atoms with Gasteiger partial charge in [0.05, 0.1) is 17.2 Å². The quantitative estimate of drug-likeness (QED) is 0.376. The van der Waals surface area contributed by atoms with Crippen LogP contribution >= 0.6 is 0 Å². The molecule has 0 radical (unpaired) electrons. The zero-order valence-corrected chi connectivity index (χ0v) is 19.5. The predicted octanol–water partition coefficient (Wildman–Crippen LogP) is 3.00. The van der Waals surface area contributed by atoms with Crippen molar-refractivity contribution in [3.05, 3.63) is 92.1 Å². The number of H-pyrrole nitrogens is 1. The zero-order chi connectivity index (χ0) is 25.1. The van der Waals surface area contributed by atoms with Crippen LogP contribution in [0.5, 0.6) is 0 Å². The van der Waals surface area contributed by atoms with Crippen LogP contribution in [0.1, 0.15) is 58.9 Å². The fourth-order valence-electron chi connectivity index (χ4n) is 3.65. The Hall–Kier alpha value is -4.47. The van der Waals surface area contributed by atoms with Gasteiger partial charge in [-0.2, -0.15) is 0 Å². The van der Waals surface area contributed by atoms with Gasteiger partial charge in [0.15, 0.2) is 11.4 Å². The van der Waals surface area contributed by atoms with E-state index < -0.39 is 17.2 Å². The number of hydrogen-bond acceptors (Lipinski definition) is 6. The van der Waals surface area contributed by atoms with Gasteiger partial charge < -0.3 is 15.1 Å². The van der Waals surface area contributed by atoms with Gasteiger partial charge in [-0.25, -0.2) is 9.78 Å². The predicted molar refractivity (Wildman–Crippen MR) is 131 cm³/mol. The van der Waals surface area contributed by atoms with Crippen LogP contribution < -0.4 is 21.9 Å². The fraction of sp³-hybridized carbons (Fsp3) is 0.240. The van der Waals surface area contributed by atoms with Crippen molar-refractivity contribution in [3.8, 4) is 0 Å². The van der Waals surface area contributed by atoms with E-state index in [9.17, 15) is 19.2 Å². The first-order chi connectivity index (χ1) is 16.8. The molecule has 3 heterocycles. The number of carbonyl (C=O) groups excluding carboxylic acids is 2. The molecule has 180 valence electrons. The van der Waals surface area contributed by atoms with Crippen molar-refractivity contribution in [1.82, 2.24) is 19.9 Å². The summed E-state index contributed by atoms with van der Waals surface area (Å²) in [5.74, 6) is -0.636. The van der Waals surface area contributed by atoms with Gasteiger partial charge >= 0.3 is 5.69 Å². The number of nitrogens with zero attached hydrogens (tertiary/aromatic N) is 2. The van der Waals surface area contributed by atoms with Gasteiger partial charge in [-0.1, -0.05) is 26.0 Å². The second-order valence-electron chi connectivity index (χ2n) is 8.26. The molecule has 0 atom stereocenters. The smallest absolute Gasteiger partial charge is 0.329 e. The highest BCUT2D eigenvalue weighted by Crippen LogP contribution is 2.20. The van der Waals surface area contributed by atoms with E-state index in [1.165, 1.54) is 10.8 Å². The van der Waals surface area contributed by atoms with Crippen molar-refractivity contribution in [2.45, 2.75) is 39.8 Å². The molecule has 3 aromatic heterocycles. The molecular formula is C25H25N5O5. The van der Waals surface area contributed by atoms with Crippen LogP contribution in [0.3, 0.4) is 0 Å². The Morgan fingerprint density at radius 1 is 1.11 bits per heavy atom. The van der Waals surface area contributed by atoms with Gasteiger partial charge in [0.1, 0.15) is 0 Å². The second kappa shape index (κ2) is 9.80. The molecule has 0 bridgehead atoms. The lowest BCUT2D eigenvalue weighted by Crippen LogP contribution is -2.33. The molecule has 0 aliphatic carbocycles. The molecule has 0 spiro atoms. The molecule has 0 unspecified atom stereocenters. The first-order valence-corrected chi connectivity index (χ1v) is 11.2. The third-order valence-electron chi connectivity index (χ3n) is 5.53. The third-order valence-corrected chi connectivity index (χ3v) is 5.53. The number of furan rings is 1. The minimum Gasteiger partial charge on any atom is -0.459 e. The van der Waals surface area contributed by atoms with Crippen LogP contribution in [0.4, 0.5) is 5.69 Å². The lowest BCUT2D eigenvalue weighted by atomic mass is 10.0. The van der Waals surface area contributed by atoms with E-state index in [1.807, 2.05) is 13.8 Å². The number of rotatable bonds is 7. The number of benzene rings is 1. The minimum atomic E-state index is -0.653. The number of pyridine rings is 1. The van der Waals surface area contributed by atoms with Crippen molar-refractivity contribution >= 4 is 28.5 Å². The van der Waals surface area contributed by atoms with Crippen molar-refractivity contribution < 1.29 is 14.0 Å². The van der Waals surface area contributed by atoms with Crippen LogP contribution in [0, 0.1) is 0 Å². The van der Waals surface area contributed by atoms with Crippen molar-refractivity contribution in [2.75, 3.05) is 5.32 Å². The Morgan fingerprint density at radius 2 is 1.86 bits per heavy atom. The number of nitrogens with one attached hydrogen (secondary N) is 3. The molecule has 4 aromatic rings. The first kappa shape index (κ1) is 23.7. The molecule has 35 heavy (non-hydrogen) atoms. The molecule has 0 fully saturated rings. The number of aromatic amines is 1. The minimum absolute atomic E-state index is 0.0189. The van der Waals surface area contributed by atoms with Gasteiger partial charge in [-0.3, -0.25) is 23.9 Å². The summed E-state index contributed by atoms with van der Waals surface area (Å²) in [5.41, 5.74) is 1.09. The summed E-state index contributed by atoms with van der Waals surface area (Å²) in [5, 5.41) is 5.63. The lowest BCUT2D eigenvalue weighted by Gasteiger charge is -2.14. The topological polar surface area (TPSA) is 139 Å². The maximum atomic E-state index is 13.1. The maximum Gasteiger partial charge on any atom is 0.329 e. The van der Waals surface area contributed by atoms with Crippen molar-refractivity contribution in [1.29, 1.82) is 0 Å². The Labute approximate surface area is 200 Å². The van der Waals surface area contributed by atoms with Crippen LogP contribution in [-0.2, 0) is 13.1 Å². The van der Waals surface area contributed by atoms with Gasteiger partial charge in [-0.05, 0) is 48.7 Å². The summed E-state index contributed by atoms with van der Waals surface area (Å²) < 4.78 is 6.42. The molecule has 10 nitrogen and oxygen atoms in total. The largest absolute Gasteiger partial charge is 0.459 e. The van der Waals surface area contributed by atoms with Crippen molar-refractivity contribution in [2.24, 2.45) is 0 Å². The number of amides is 2. The van der Waals surface area contributed by atoms with Crippen LogP contribution in [0.2, 0.25) is 0 Å². The monoisotopic (exact) mass is 475 g/mol. The Kier molecular flexibility index (Phi) is 6.63. The van der Waals surface area contributed by atoms with E-state index in [1.54, 1.807) is 49.4 Å². The summed E-state index contributed by atoms with van der Waals surface area (Å²) in [7, 11) is 0. The average Bonchev–Trinajstić information content (AvgIpc) is 3.38. The molecule has 0 aliphatic heterocycles. The molecular weight excluding hydrogens is 450 g/mol.